The summed E-state index contributed by atoms with van der Waals surface area (Å²) in [6.45, 7) is -0.0271. The molecule has 31 heavy (non-hydrogen) atoms. The van der Waals surface area contributed by atoms with E-state index in [1.165, 1.54) is 12.1 Å². The maximum absolute atomic E-state index is 13.2. The molecule has 0 unspecified atom stereocenters. The summed E-state index contributed by atoms with van der Waals surface area (Å²) in [5.74, 6) is -0.365. The van der Waals surface area contributed by atoms with Crippen molar-refractivity contribution in [2.24, 2.45) is 0 Å². The Hall–Kier alpha value is -2.55. The molecule has 1 amide bonds. The highest BCUT2D eigenvalue weighted by Gasteiger charge is 2.27. The highest BCUT2D eigenvalue weighted by molar-refractivity contribution is 7.99. The van der Waals surface area contributed by atoms with E-state index in [-0.39, 0.29) is 4.90 Å². The SMILES string of the molecule is O=C(CN(c1ccccc1)S(=O)(=O)c1ccc(F)cc1)NCCSc1ccc(Cl)cc1. The number of nitrogens with zero attached hydrogens (tertiary/aromatic N) is 1. The number of hydrogen-bond acceptors (Lipinski definition) is 4. The standard InChI is InChI=1S/C22H20ClFN2O3S2/c23-17-6-10-20(11-7-17)30-15-14-25-22(27)16-26(19-4-2-1-3-5-19)31(28,29)21-12-8-18(24)9-13-21/h1-13H,14-16H2,(H,25,27). The third-order valence-electron chi connectivity index (χ3n) is 4.24. The van der Waals surface area contributed by atoms with Gasteiger partial charge in [0.1, 0.15) is 12.4 Å². The zero-order valence-electron chi connectivity index (χ0n) is 16.4. The van der Waals surface area contributed by atoms with Crippen LogP contribution in [0.3, 0.4) is 0 Å². The Morgan fingerprint density at radius 1 is 0.968 bits per heavy atom. The van der Waals surface area contributed by atoms with E-state index in [1.54, 1.807) is 54.2 Å². The fraction of sp³-hybridized carbons (Fsp3) is 0.136. The van der Waals surface area contributed by atoms with E-state index >= 15 is 0 Å². The normalized spacial score (nSPS) is 11.2. The summed E-state index contributed by atoms with van der Waals surface area (Å²) in [4.78, 5) is 13.4. The molecular weight excluding hydrogens is 459 g/mol. The summed E-state index contributed by atoms with van der Waals surface area (Å²) in [6.07, 6.45) is 0. The molecule has 0 aliphatic carbocycles. The van der Waals surface area contributed by atoms with E-state index in [1.807, 2.05) is 12.1 Å². The Bertz CT molecular complexity index is 1110. The number of anilines is 1. The first-order valence-electron chi connectivity index (χ1n) is 9.35. The van der Waals surface area contributed by atoms with Crippen LogP contribution in [-0.4, -0.2) is 33.2 Å². The van der Waals surface area contributed by atoms with Crippen LogP contribution in [0.4, 0.5) is 10.1 Å². The topological polar surface area (TPSA) is 66.5 Å². The lowest BCUT2D eigenvalue weighted by molar-refractivity contribution is -0.119. The molecule has 3 aromatic rings. The lowest BCUT2D eigenvalue weighted by Crippen LogP contribution is -2.41. The van der Waals surface area contributed by atoms with Gasteiger partial charge in [0.25, 0.3) is 10.0 Å². The summed E-state index contributed by atoms with van der Waals surface area (Å²) in [6, 6.07) is 20.2. The average Bonchev–Trinajstić information content (AvgIpc) is 2.77. The maximum atomic E-state index is 13.2. The molecule has 0 fully saturated rings. The molecule has 0 spiro atoms. The van der Waals surface area contributed by atoms with Gasteiger partial charge in [0.15, 0.2) is 0 Å². The van der Waals surface area contributed by atoms with Crippen molar-refractivity contribution in [2.45, 2.75) is 9.79 Å². The number of carbonyl (C=O) groups is 1. The van der Waals surface area contributed by atoms with Gasteiger partial charge in [-0.15, -0.1) is 11.8 Å². The van der Waals surface area contributed by atoms with Gasteiger partial charge >= 0.3 is 0 Å². The third-order valence-corrected chi connectivity index (χ3v) is 7.29. The van der Waals surface area contributed by atoms with Crippen molar-refractivity contribution < 1.29 is 17.6 Å². The Morgan fingerprint density at radius 3 is 2.26 bits per heavy atom. The second-order valence-corrected chi connectivity index (χ2v) is 9.92. The van der Waals surface area contributed by atoms with Crippen LogP contribution in [0.2, 0.25) is 5.02 Å². The summed E-state index contributed by atoms with van der Waals surface area (Å²) in [5.41, 5.74) is 0.345. The quantitative estimate of drug-likeness (QED) is 0.361. The van der Waals surface area contributed by atoms with Gasteiger partial charge in [0, 0.05) is 22.2 Å². The maximum Gasteiger partial charge on any atom is 0.264 e. The molecular formula is C22H20ClFN2O3S2. The van der Waals surface area contributed by atoms with Gasteiger partial charge in [0.05, 0.1) is 10.6 Å². The van der Waals surface area contributed by atoms with Crippen molar-refractivity contribution in [1.29, 1.82) is 0 Å². The van der Waals surface area contributed by atoms with E-state index in [2.05, 4.69) is 5.32 Å². The number of hydrogen-bond donors (Lipinski definition) is 1. The van der Waals surface area contributed by atoms with Gasteiger partial charge in [-0.25, -0.2) is 12.8 Å². The van der Waals surface area contributed by atoms with Gasteiger partial charge in [-0.2, -0.15) is 0 Å². The minimum Gasteiger partial charge on any atom is -0.354 e. The molecule has 0 radical (unpaired) electrons. The van der Waals surface area contributed by atoms with Crippen LogP contribution in [0.5, 0.6) is 0 Å². The smallest absolute Gasteiger partial charge is 0.264 e. The van der Waals surface area contributed by atoms with Gasteiger partial charge in [-0.05, 0) is 60.7 Å². The number of sulfonamides is 1. The number of halogens is 2. The van der Waals surface area contributed by atoms with Crippen LogP contribution >= 0.6 is 23.4 Å². The van der Waals surface area contributed by atoms with Crippen molar-refractivity contribution in [2.75, 3.05) is 23.1 Å². The molecule has 1 N–H and O–H groups in total. The molecule has 3 aromatic carbocycles. The van der Waals surface area contributed by atoms with E-state index in [4.69, 9.17) is 11.6 Å². The van der Waals surface area contributed by atoms with Crippen molar-refractivity contribution in [3.63, 3.8) is 0 Å². The van der Waals surface area contributed by atoms with Gasteiger partial charge in [-0.3, -0.25) is 9.10 Å². The first kappa shape index (κ1) is 23.1. The van der Waals surface area contributed by atoms with Crippen LogP contribution in [0.1, 0.15) is 0 Å². The number of amides is 1. The third kappa shape index (κ3) is 6.46. The van der Waals surface area contributed by atoms with Crippen molar-refractivity contribution >= 4 is 45.0 Å². The number of rotatable bonds is 9. The Balaban J connectivity index is 1.66. The number of carbonyl (C=O) groups excluding carboxylic acids is 1. The monoisotopic (exact) mass is 478 g/mol. The van der Waals surface area contributed by atoms with Crippen LogP contribution in [-0.2, 0) is 14.8 Å². The fourth-order valence-corrected chi connectivity index (χ4v) is 5.03. The van der Waals surface area contributed by atoms with Gasteiger partial charge < -0.3 is 5.32 Å². The van der Waals surface area contributed by atoms with Crippen molar-refractivity contribution in [3.05, 3.63) is 89.7 Å². The number of nitrogens with one attached hydrogen (secondary N) is 1. The average molecular weight is 479 g/mol. The summed E-state index contributed by atoms with van der Waals surface area (Å²) in [7, 11) is -4.06. The Morgan fingerprint density at radius 2 is 1.61 bits per heavy atom. The second-order valence-electron chi connectivity index (χ2n) is 6.45. The number of thioether (sulfide) groups is 1. The van der Waals surface area contributed by atoms with E-state index in [0.717, 1.165) is 21.3 Å². The highest BCUT2D eigenvalue weighted by Crippen LogP contribution is 2.23. The zero-order valence-corrected chi connectivity index (χ0v) is 18.8. The minimum atomic E-state index is -4.06. The second kappa shape index (κ2) is 10.7. The molecule has 0 saturated carbocycles. The fourth-order valence-electron chi connectivity index (χ4n) is 2.72. The Labute approximate surface area is 190 Å². The molecule has 0 aliphatic heterocycles. The molecule has 5 nitrogen and oxygen atoms in total. The van der Waals surface area contributed by atoms with E-state index in [9.17, 15) is 17.6 Å². The molecule has 0 aromatic heterocycles. The van der Waals surface area contributed by atoms with Crippen LogP contribution in [0, 0.1) is 5.82 Å². The highest BCUT2D eigenvalue weighted by atomic mass is 35.5. The molecule has 0 saturated heterocycles. The zero-order chi connectivity index (χ0) is 22.3. The first-order valence-corrected chi connectivity index (χ1v) is 12.1. The molecule has 0 bridgehead atoms. The van der Waals surface area contributed by atoms with Crippen LogP contribution < -0.4 is 9.62 Å². The predicted octanol–water partition coefficient (Wildman–Crippen LogP) is 4.58. The van der Waals surface area contributed by atoms with Crippen LogP contribution in [0.15, 0.2) is 88.7 Å². The largest absolute Gasteiger partial charge is 0.354 e. The van der Waals surface area contributed by atoms with Crippen molar-refractivity contribution in [3.8, 4) is 0 Å². The minimum absolute atomic E-state index is 0.0937. The molecule has 0 aliphatic rings. The molecule has 162 valence electrons. The molecule has 3 rings (SSSR count). The van der Waals surface area contributed by atoms with E-state index in [0.29, 0.717) is 23.0 Å². The molecule has 0 atom stereocenters. The Kier molecular flexibility index (Phi) is 7.95. The predicted molar refractivity (Wildman–Crippen MR) is 123 cm³/mol. The number of benzene rings is 3. The van der Waals surface area contributed by atoms with Crippen molar-refractivity contribution in [1.82, 2.24) is 5.32 Å². The number of para-hydroxylation sites is 1. The lowest BCUT2D eigenvalue weighted by atomic mass is 10.3. The summed E-state index contributed by atoms with van der Waals surface area (Å²) >= 11 is 7.41. The van der Waals surface area contributed by atoms with Gasteiger partial charge in [0.2, 0.25) is 5.91 Å². The lowest BCUT2D eigenvalue weighted by Gasteiger charge is -2.24. The summed E-state index contributed by atoms with van der Waals surface area (Å²) in [5, 5.41) is 3.40. The van der Waals surface area contributed by atoms with Crippen LogP contribution in [0.25, 0.3) is 0 Å². The molecule has 0 heterocycles. The first-order chi connectivity index (χ1) is 14.9. The molecule has 9 heteroatoms. The van der Waals surface area contributed by atoms with E-state index < -0.39 is 28.3 Å². The summed E-state index contributed by atoms with van der Waals surface area (Å²) < 4.78 is 40.5. The van der Waals surface area contributed by atoms with Gasteiger partial charge in [-0.1, -0.05) is 29.8 Å².